The lowest BCUT2D eigenvalue weighted by Gasteiger charge is -2.34. The summed E-state index contributed by atoms with van der Waals surface area (Å²) in [5.41, 5.74) is 2.89. The molecule has 1 atom stereocenters. The molecule has 0 amide bonds. The van der Waals surface area contributed by atoms with E-state index in [2.05, 4.69) is 50.1 Å². The first-order valence-corrected chi connectivity index (χ1v) is 9.90. The van der Waals surface area contributed by atoms with Gasteiger partial charge in [-0.15, -0.1) is 0 Å². The summed E-state index contributed by atoms with van der Waals surface area (Å²) in [5, 5.41) is 0. The summed E-state index contributed by atoms with van der Waals surface area (Å²) in [6.07, 6.45) is 5.67. The van der Waals surface area contributed by atoms with Crippen LogP contribution in [-0.4, -0.2) is 27.6 Å². The largest absolute Gasteiger partial charge is 0.342 e. The van der Waals surface area contributed by atoms with Gasteiger partial charge in [-0.2, -0.15) is 0 Å². The molecule has 1 aliphatic heterocycles. The van der Waals surface area contributed by atoms with Crippen molar-refractivity contribution in [3.63, 3.8) is 0 Å². The van der Waals surface area contributed by atoms with Crippen molar-refractivity contribution in [2.24, 2.45) is 7.05 Å². The number of rotatable bonds is 3. The molecule has 27 heavy (non-hydrogen) atoms. The average molecular weight is 425 g/mol. The summed E-state index contributed by atoms with van der Waals surface area (Å²) in [6.45, 7) is 1.77. The highest BCUT2D eigenvalue weighted by Crippen LogP contribution is 2.30. The maximum Gasteiger partial charge on any atom is 0.255 e. The van der Waals surface area contributed by atoms with E-state index in [0.717, 1.165) is 41.9 Å². The highest BCUT2D eigenvalue weighted by molar-refractivity contribution is 9.10. The summed E-state index contributed by atoms with van der Waals surface area (Å²) >= 11 is 3.50. The predicted octanol–water partition coefficient (Wildman–Crippen LogP) is 3.99. The molecule has 1 aliphatic rings. The normalized spacial score (nSPS) is 17.1. The van der Waals surface area contributed by atoms with Crippen molar-refractivity contribution in [2.75, 3.05) is 18.0 Å². The topological polar surface area (TPSA) is 51.0 Å². The first kappa shape index (κ1) is 17.9. The van der Waals surface area contributed by atoms with E-state index in [-0.39, 0.29) is 5.56 Å². The summed E-state index contributed by atoms with van der Waals surface area (Å²) in [6, 6.07) is 13.9. The first-order chi connectivity index (χ1) is 13.1. The third-order valence-electron chi connectivity index (χ3n) is 5.13. The Balaban J connectivity index is 1.67. The van der Waals surface area contributed by atoms with Crippen LogP contribution in [0.2, 0.25) is 0 Å². The van der Waals surface area contributed by atoms with E-state index >= 15 is 0 Å². The van der Waals surface area contributed by atoms with Crippen LogP contribution in [0.4, 0.5) is 5.95 Å². The molecule has 4 rings (SSSR count). The fraction of sp³-hybridized carbons (Fsp3) is 0.286. The van der Waals surface area contributed by atoms with E-state index in [9.17, 15) is 4.79 Å². The Morgan fingerprint density at radius 2 is 1.85 bits per heavy atom. The molecule has 0 saturated carbocycles. The van der Waals surface area contributed by atoms with Gasteiger partial charge in [-0.05, 0) is 42.7 Å². The van der Waals surface area contributed by atoms with Crippen LogP contribution in [0.15, 0.2) is 64.1 Å². The third-order valence-corrected chi connectivity index (χ3v) is 5.66. The van der Waals surface area contributed by atoms with Gasteiger partial charge in [0.2, 0.25) is 5.95 Å². The predicted molar refractivity (Wildman–Crippen MR) is 111 cm³/mol. The average Bonchev–Trinajstić information content (AvgIpc) is 2.71. The standard InChI is InChI=1S/C21H21BrN4O/c1-25-20(27)13-19(16-8-10-23-11-9-16)24-21(25)26-12-2-3-17(14-26)15-4-6-18(22)7-5-15/h4-11,13,17H,2-3,12,14H2,1H3/t17-/m0/s1. The van der Waals surface area contributed by atoms with Crippen LogP contribution in [0.5, 0.6) is 0 Å². The zero-order chi connectivity index (χ0) is 18.8. The van der Waals surface area contributed by atoms with Crippen molar-refractivity contribution in [1.82, 2.24) is 14.5 Å². The number of nitrogens with zero attached hydrogens (tertiary/aromatic N) is 4. The molecule has 3 aromatic rings. The molecule has 5 nitrogen and oxygen atoms in total. The van der Waals surface area contributed by atoms with Gasteiger partial charge in [0.05, 0.1) is 5.69 Å². The lowest BCUT2D eigenvalue weighted by Crippen LogP contribution is -2.38. The minimum Gasteiger partial charge on any atom is -0.342 e. The van der Waals surface area contributed by atoms with Gasteiger partial charge in [-0.1, -0.05) is 28.1 Å². The molecular weight excluding hydrogens is 404 g/mol. The molecule has 0 spiro atoms. The van der Waals surface area contributed by atoms with E-state index in [1.807, 2.05) is 12.1 Å². The highest BCUT2D eigenvalue weighted by Gasteiger charge is 2.24. The lowest BCUT2D eigenvalue weighted by atomic mass is 9.91. The second kappa shape index (κ2) is 7.64. The summed E-state index contributed by atoms with van der Waals surface area (Å²) < 4.78 is 2.74. The second-order valence-corrected chi connectivity index (χ2v) is 7.83. The molecule has 0 N–H and O–H groups in total. The van der Waals surface area contributed by atoms with Crippen molar-refractivity contribution >= 4 is 21.9 Å². The smallest absolute Gasteiger partial charge is 0.255 e. The second-order valence-electron chi connectivity index (χ2n) is 6.91. The molecule has 0 bridgehead atoms. The number of piperidine rings is 1. The zero-order valence-corrected chi connectivity index (χ0v) is 16.8. The van der Waals surface area contributed by atoms with E-state index in [1.165, 1.54) is 5.56 Å². The zero-order valence-electron chi connectivity index (χ0n) is 15.2. The van der Waals surface area contributed by atoms with Crippen LogP contribution < -0.4 is 10.5 Å². The first-order valence-electron chi connectivity index (χ1n) is 9.11. The fourth-order valence-corrected chi connectivity index (χ4v) is 3.91. The van der Waals surface area contributed by atoms with Gasteiger partial charge in [0.1, 0.15) is 0 Å². The number of hydrogen-bond donors (Lipinski definition) is 0. The van der Waals surface area contributed by atoms with E-state index in [1.54, 1.807) is 30.1 Å². The Morgan fingerprint density at radius 1 is 1.11 bits per heavy atom. The van der Waals surface area contributed by atoms with Crippen molar-refractivity contribution in [3.05, 3.63) is 75.2 Å². The number of anilines is 1. The number of hydrogen-bond acceptors (Lipinski definition) is 4. The lowest BCUT2D eigenvalue weighted by molar-refractivity contribution is 0.497. The van der Waals surface area contributed by atoms with Crippen LogP contribution in [0.3, 0.4) is 0 Å². The third kappa shape index (κ3) is 3.81. The van der Waals surface area contributed by atoms with E-state index < -0.39 is 0 Å². The molecule has 1 fully saturated rings. The minimum atomic E-state index is -0.0439. The molecule has 1 saturated heterocycles. The number of aromatic nitrogens is 3. The van der Waals surface area contributed by atoms with Crippen molar-refractivity contribution in [2.45, 2.75) is 18.8 Å². The number of benzene rings is 1. The van der Waals surface area contributed by atoms with Crippen molar-refractivity contribution in [1.29, 1.82) is 0 Å². The highest BCUT2D eigenvalue weighted by atomic mass is 79.9. The van der Waals surface area contributed by atoms with E-state index in [0.29, 0.717) is 11.6 Å². The molecule has 2 aromatic heterocycles. The molecule has 6 heteroatoms. The van der Waals surface area contributed by atoms with E-state index in [4.69, 9.17) is 4.98 Å². The molecule has 138 valence electrons. The van der Waals surface area contributed by atoms with Crippen molar-refractivity contribution < 1.29 is 0 Å². The van der Waals surface area contributed by atoms with Crippen LogP contribution in [0.1, 0.15) is 24.3 Å². The molecule has 1 aromatic carbocycles. The maximum atomic E-state index is 12.5. The quantitative estimate of drug-likeness (QED) is 0.637. The maximum absolute atomic E-state index is 12.5. The fourth-order valence-electron chi connectivity index (χ4n) is 3.65. The minimum absolute atomic E-state index is 0.0439. The van der Waals surface area contributed by atoms with Crippen LogP contribution >= 0.6 is 15.9 Å². The van der Waals surface area contributed by atoms with Gasteiger partial charge < -0.3 is 4.90 Å². The Hall–Kier alpha value is -2.47. The van der Waals surface area contributed by atoms with Gasteiger partial charge in [0, 0.05) is 54.6 Å². The van der Waals surface area contributed by atoms with Gasteiger partial charge in [-0.25, -0.2) is 4.98 Å². The molecular formula is C21H21BrN4O. The number of pyridine rings is 1. The van der Waals surface area contributed by atoms with Gasteiger partial charge in [0.15, 0.2) is 0 Å². The molecule has 0 unspecified atom stereocenters. The van der Waals surface area contributed by atoms with Crippen molar-refractivity contribution in [3.8, 4) is 11.3 Å². The van der Waals surface area contributed by atoms with Gasteiger partial charge >= 0.3 is 0 Å². The Morgan fingerprint density at radius 3 is 2.59 bits per heavy atom. The van der Waals surface area contributed by atoms with Crippen LogP contribution in [0.25, 0.3) is 11.3 Å². The molecule has 0 radical (unpaired) electrons. The van der Waals surface area contributed by atoms with Crippen LogP contribution in [0, 0.1) is 0 Å². The van der Waals surface area contributed by atoms with Gasteiger partial charge in [-0.3, -0.25) is 14.3 Å². The number of halogens is 1. The Bertz CT molecular complexity index is 985. The summed E-state index contributed by atoms with van der Waals surface area (Å²) in [7, 11) is 1.80. The Kier molecular flexibility index (Phi) is 5.07. The Labute approximate surface area is 166 Å². The monoisotopic (exact) mass is 424 g/mol. The summed E-state index contributed by atoms with van der Waals surface area (Å²) in [5.74, 6) is 1.17. The molecule has 0 aliphatic carbocycles. The molecule has 3 heterocycles. The SMILES string of the molecule is Cn1c(N2CCC[C@H](c3ccc(Br)cc3)C2)nc(-c2ccncc2)cc1=O. The van der Waals surface area contributed by atoms with Crippen LogP contribution in [-0.2, 0) is 7.05 Å². The van der Waals surface area contributed by atoms with Gasteiger partial charge in [0.25, 0.3) is 5.56 Å². The summed E-state index contributed by atoms with van der Waals surface area (Å²) in [4.78, 5) is 23.7.